The maximum Gasteiger partial charge on any atom is 0.515 e. The van der Waals surface area contributed by atoms with Crippen LogP contribution in [-0.2, 0) is 31.7 Å². The number of hydrogen-bond donors (Lipinski definition) is 2. The Morgan fingerprint density at radius 3 is 2.68 bits per heavy atom. The molecule has 0 aliphatic carbocycles. The molecule has 4 rings (SSSR count). The molecule has 4 aromatic rings. The van der Waals surface area contributed by atoms with Gasteiger partial charge in [-0.25, -0.2) is 9.78 Å². The highest BCUT2D eigenvalue weighted by Gasteiger charge is 2.15. The van der Waals surface area contributed by atoms with Crippen molar-refractivity contribution in [2.24, 2.45) is 0 Å². The first-order valence-electron chi connectivity index (χ1n) is 11.2. The summed E-state index contributed by atoms with van der Waals surface area (Å²) >= 11 is 0. The first-order chi connectivity index (χ1) is 18.0. The van der Waals surface area contributed by atoms with Crippen molar-refractivity contribution in [1.29, 1.82) is 0 Å². The quantitative estimate of drug-likeness (QED) is 0.0917. The molecule has 0 amide bonds. The van der Waals surface area contributed by atoms with E-state index in [1.54, 1.807) is 16.7 Å². The van der Waals surface area contributed by atoms with Crippen molar-refractivity contribution in [3.8, 4) is 5.75 Å². The number of nitrogens with two attached hydrogens (primary N) is 1. The van der Waals surface area contributed by atoms with Gasteiger partial charge in [0.2, 0.25) is 21.1 Å². The predicted octanol–water partition coefficient (Wildman–Crippen LogP) is 3.70. The number of aryl methyl sites for hydroxylation is 1. The van der Waals surface area contributed by atoms with Crippen molar-refractivity contribution in [2.45, 2.75) is 20.1 Å². The van der Waals surface area contributed by atoms with Gasteiger partial charge in [-0.15, -0.1) is 0 Å². The second kappa shape index (κ2) is 12.9. The number of rotatable bonds is 12. The minimum absolute atomic E-state index is 0.00676. The van der Waals surface area contributed by atoms with Crippen LogP contribution in [0, 0.1) is 6.92 Å². The molecule has 2 aromatic carbocycles. The van der Waals surface area contributed by atoms with Crippen molar-refractivity contribution in [3.63, 3.8) is 0 Å². The summed E-state index contributed by atoms with van der Waals surface area (Å²) in [6, 6.07) is 16.6. The summed E-state index contributed by atoms with van der Waals surface area (Å²) in [7, 11) is -1.56. The molecule has 194 valence electrons. The third kappa shape index (κ3) is 7.83. The fourth-order valence-electron chi connectivity index (χ4n) is 3.13. The van der Waals surface area contributed by atoms with E-state index in [0.29, 0.717) is 24.5 Å². The number of anilines is 1. The smallest absolute Gasteiger partial charge is 0.406 e. The molecular formula is C24H26N5O7P. The molecule has 0 saturated heterocycles. The molecule has 0 aliphatic rings. The van der Waals surface area contributed by atoms with Crippen LogP contribution >= 0.6 is 8.38 Å². The molecule has 0 fully saturated rings. The van der Waals surface area contributed by atoms with Crippen LogP contribution < -0.4 is 16.0 Å². The van der Waals surface area contributed by atoms with E-state index in [4.69, 9.17) is 29.0 Å². The molecular weight excluding hydrogens is 501 g/mol. The highest BCUT2D eigenvalue weighted by Crippen LogP contribution is 2.39. The number of nitrogens with one attached hydrogen (secondary N) is 1. The number of benzene rings is 2. The van der Waals surface area contributed by atoms with Crippen LogP contribution in [0.25, 0.3) is 11.2 Å². The lowest BCUT2D eigenvalue weighted by Gasteiger charge is -2.17. The van der Waals surface area contributed by atoms with Crippen molar-refractivity contribution < 1.29 is 28.1 Å². The zero-order chi connectivity index (χ0) is 26.0. The number of aromatic amines is 1. The molecule has 2 aromatic heterocycles. The summed E-state index contributed by atoms with van der Waals surface area (Å²) in [5.74, 6) is 0.374. The van der Waals surface area contributed by atoms with E-state index < -0.39 is 20.1 Å². The van der Waals surface area contributed by atoms with Gasteiger partial charge in [-0.2, -0.15) is 4.98 Å². The van der Waals surface area contributed by atoms with E-state index in [9.17, 15) is 9.59 Å². The number of imidazole rings is 1. The summed E-state index contributed by atoms with van der Waals surface area (Å²) in [5.41, 5.74) is 7.78. The summed E-state index contributed by atoms with van der Waals surface area (Å²) in [6.07, 6.45) is 0.715. The standard InChI is InChI=1S/C24H26N5O7P/c1-17-7-9-19(10-8-17)36-24(31)33-15-35-37(34-13-18-5-3-2-4-6-18)16-32-12-11-29-14-26-20-21(29)27-23(25)28-22(20)30/h2-10,14H,11-13,15-16H2,1H3,(H3,25,27,28,30). The minimum atomic E-state index is -1.56. The molecule has 13 heteroatoms. The van der Waals surface area contributed by atoms with Gasteiger partial charge in [0.15, 0.2) is 11.2 Å². The zero-order valence-electron chi connectivity index (χ0n) is 20.0. The number of fused-ring (bicyclic) bond motifs is 1. The van der Waals surface area contributed by atoms with E-state index in [1.807, 2.05) is 49.4 Å². The molecule has 3 N–H and O–H groups in total. The summed E-state index contributed by atoms with van der Waals surface area (Å²) in [6.45, 7) is 2.48. The van der Waals surface area contributed by atoms with Gasteiger partial charge < -0.3 is 29.0 Å². The lowest BCUT2D eigenvalue weighted by Crippen LogP contribution is -2.14. The maximum atomic E-state index is 12.0. The maximum absolute atomic E-state index is 12.0. The van der Waals surface area contributed by atoms with Crippen LogP contribution in [0.2, 0.25) is 0 Å². The molecule has 0 spiro atoms. The van der Waals surface area contributed by atoms with Crippen LogP contribution in [0.4, 0.5) is 10.7 Å². The first kappa shape index (κ1) is 26.2. The Morgan fingerprint density at radius 2 is 1.89 bits per heavy atom. The topological polar surface area (TPSA) is 153 Å². The van der Waals surface area contributed by atoms with Crippen LogP contribution in [0.3, 0.4) is 0 Å². The van der Waals surface area contributed by atoms with E-state index in [0.717, 1.165) is 11.1 Å². The molecule has 12 nitrogen and oxygen atoms in total. The summed E-state index contributed by atoms with van der Waals surface area (Å²) in [5, 5.41) is 0. The Labute approximate surface area is 213 Å². The number of carbonyl (C=O) groups excluding carboxylic acids is 1. The Morgan fingerprint density at radius 1 is 1.11 bits per heavy atom. The Balaban J connectivity index is 1.27. The number of aromatic nitrogens is 4. The van der Waals surface area contributed by atoms with E-state index >= 15 is 0 Å². The van der Waals surface area contributed by atoms with Crippen molar-refractivity contribution in [2.75, 3.05) is 25.5 Å². The zero-order valence-corrected chi connectivity index (χ0v) is 20.9. The van der Waals surface area contributed by atoms with Gasteiger partial charge in [0.05, 0.1) is 19.5 Å². The van der Waals surface area contributed by atoms with Gasteiger partial charge in [-0.1, -0.05) is 48.0 Å². The molecule has 2 heterocycles. The largest absolute Gasteiger partial charge is 0.515 e. The predicted molar refractivity (Wildman–Crippen MR) is 136 cm³/mol. The fourth-order valence-corrected chi connectivity index (χ4v) is 4.10. The Hall–Kier alpha value is -3.83. The second-order valence-corrected chi connectivity index (χ2v) is 9.19. The lowest BCUT2D eigenvalue weighted by atomic mass is 10.2. The molecule has 0 aliphatic heterocycles. The van der Waals surface area contributed by atoms with Gasteiger partial charge in [0.1, 0.15) is 12.1 Å². The van der Waals surface area contributed by atoms with Gasteiger partial charge in [-0.3, -0.25) is 14.3 Å². The van der Waals surface area contributed by atoms with Crippen LogP contribution in [0.15, 0.2) is 65.7 Å². The second-order valence-electron chi connectivity index (χ2n) is 7.75. The number of ether oxygens (including phenoxy) is 3. The molecule has 0 radical (unpaired) electrons. The number of hydrogen-bond acceptors (Lipinski definition) is 10. The van der Waals surface area contributed by atoms with Gasteiger partial charge in [0.25, 0.3) is 5.56 Å². The van der Waals surface area contributed by atoms with Gasteiger partial charge in [-0.05, 0) is 24.6 Å². The van der Waals surface area contributed by atoms with Crippen LogP contribution in [0.5, 0.6) is 5.75 Å². The Bertz CT molecular complexity index is 1360. The number of nitrogens with zero attached hydrogens (tertiary/aromatic N) is 3. The number of carbonyl (C=O) groups is 1. The Kier molecular flexibility index (Phi) is 9.17. The van der Waals surface area contributed by atoms with Crippen molar-refractivity contribution in [1.82, 2.24) is 19.5 Å². The highest BCUT2D eigenvalue weighted by atomic mass is 31.2. The number of H-pyrrole nitrogens is 1. The number of nitrogen functional groups attached to an aromatic ring is 1. The van der Waals surface area contributed by atoms with Crippen LogP contribution in [-0.4, -0.2) is 45.4 Å². The molecule has 0 bridgehead atoms. The highest BCUT2D eigenvalue weighted by molar-refractivity contribution is 7.46. The van der Waals surface area contributed by atoms with Gasteiger partial charge >= 0.3 is 6.16 Å². The summed E-state index contributed by atoms with van der Waals surface area (Å²) < 4.78 is 29.1. The average molecular weight is 527 g/mol. The first-order valence-corrected chi connectivity index (χ1v) is 12.6. The van der Waals surface area contributed by atoms with Crippen LogP contribution in [0.1, 0.15) is 11.1 Å². The van der Waals surface area contributed by atoms with Crippen molar-refractivity contribution in [3.05, 3.63) is 82.4 Å². The van der Waals surface area contributed by atoms with E-state index in [1.165, 1.54) is 6.33 Å². The molecule has 1 atom stereocenters. The lowest BCUT2D eigenvalue weighted by molar-refractivity contribution is 0.0244. The van der Waals surface area contributed by atoms with E-state index in [-0.39, 0.29) is 31.2 Å². The van der Waals surface area contributed by atoms with Crippen molar-refractivity contribution >= 4 is 31.6 Å². The van der Waals surface area contributed by atoms with Gasteiger partial charge in [0, 0.05) is 6.54 Å². The normalized spacial score (nSPS) is 11.9. The molecule has 37 heavy (non-hydrogen) atoms. The molecule has 0 saturated carbocycles. The third-order valence-electron chi connectivity index (χ3n) is 4.98. The van der Waals surface area contributed by atoms with E-state index in [2.05, 4.69) is 15.0 Å². The fraction of sp³-hybridized carbons (Fsp3) is 0.250. The monoisotopic (exact) mass is 527 g/mol. The minimum Gasteiger partial charge on any atom is -0.406 e. The molecule has 1 unspecified atom stereocenters. The average Bonchev–Trinajstić information content (AvgIpc) is 3.29. The summed E-state index contributed by atoms with van der Waals surface area (Å²) in [4.78, 5) is 34.5. The third-order valence-corrected chi connectivity index (χ3v) is 6.18. The SMILES string of the molecule is Cc1ccc(OC(=O)OCOP(COCCn2cnc3c(=O)[nH]c(N)nc32)OCc2ccccc2)cc1.